The first-order valence-electron chi connectivity index (χ1n) is 9.17. The monoisotopic (exact) mass is 376 g/mol. The minimum absolute atomic E-state index is 0.0341. The van der Waals surface area contributed by atoms with Crippen LogP contribution < -0.4 is 0 Å². The molecule has 0 N–H and O–H groups in total. The molecule has 3 aromatic rings. The van der Waals surface area contributed by atoms with Gasteiger partial charge in [-0.3, -0.25) is 9.59 Å². The molecule has 142 valence electrons. The number of benzene rings is 2. The van der Waals surface area contributed by atoms with Crippen molar-refractivity contribution in [3.8, 4) is 22.8 Å². The Morgan fingerprint density at radius 3 is 2.25 bits per heavy atom. The van der Waals surface area contributed by atoms with E-state index in [0.717, 1.165) is 5.56 Å². The first-order chi connectivity index (χ1) is 13.6. The van der Waals surface area contributed by atoms with E-state index in [1.54, 1.807) is 28.9 Å². The molecule has 1 aliphatic heterocycles. The van der Waals surface area contributed by atoms with Crippen molar-refractivity contribution < 1.29 is 14.1 Å². The van der Waals surface area contributed by atoms with Gasteiger partial charge >= 0.3 is 0 Å². The van der Waals surface area contributed by atoms with Gasteiger partial charge in [-0.2, -0.15) is 4.98 Å². The van der Waals surface area contributed by atoms with Gasteiger partial charge < -0.3 is 14.3 Å². The highest BCUT2D eigenvalue weighted by Gasteiger charge is 2.26. The second-order valence-electron chi connectivity index (χ2n) is 6.63. The Morgan fingerprint density at radius 1 is 0.893 bits per heavy atom. The van der Waals surface area contributed by atoms with Crippen LogP contribution in [0.3, 0.4) is 0 Å². The molecule has 1 saturated heterocycles. The molecule has 0 spiro atoms. The molecule has 7 nitrogen and oxygen atoms in total. The third-order valence-electron chi connectivity index (χ3n) is 4.86. The first-order valence-corrected chi connectivity index (χ1v) is 9.17. The summed E-state index contributed by atoms with van der Waals surface area (Å²) < 4.78 is 5.45. The Morgan fingerprint density at radius 2 is 1.54 bits per heavy atom. The fourth-order valence-electron chi connectivity index (χ4n) is 3.29. The summed E-state index contributed by atoms with van der Waals surface area (Å²) in [4.78, 5) is 32.6. The second kappa shape index (κ2) is 7.64. The van der Waals surface area contributed by atoms with Gasteiger partial charge in [-0.05, 0) is 12.1 Å². The lowest BCUT2D eigenvalue weighted by Crippen LogP contribution is -2.50. The van der Waals surface area contributed by atoms with Crippen LogP contribution in [0.2, 0.25) is 0 Å². The Bertz CT molecular complexity index is 992. The van der Waals surface area contributed by atoms with Crippen LogP contribution in [0.15, 0.2) is 59.1 Å². The number of carbonyl (C=O) groups is 2. The van der Waals surface area contributed by atoms with E-state index in [-0.39, 0.29) is 11.8 Å². The maximum atomic E-state index is 13.1. The van der Waals surface area contributed by atoms with E-state index < -0.39 is 0 Å². The van der Waals surface area contributed by atoms with Gasteiger partial charge in [-0.15, -0.1) is 0 Å². The summed E-state index contributed by atoms with van der Waals surface area (Å²) in [7, 11) is 0. The Balaban J connectivity index is 1.59. The maximum absolute atomic E-state index is 13.1. The first kappa shape index (κ1) is 17.9. The van der Waals surface area contributed by atoms with Gasteiger partial charge in [-0.25, -0.2) is 0 Å². The molecule has 0 radical (unpaired) electrons. The maximum Gasteiger partial charge on any atom is 0.259 e. The van der Waals surface area contributed by atoms with Gasteiger partial charge in [-0.1, -0.05) is 47.6 Å². The normalized spacial score (nSPS) is 14.2. The summed E-state index contributed by atoms with van der Waals surface area (Å²) in [5.74, 6) is 0.725. The molecule has 7 heteroatoms. The van der Waals surface area contributed by atoms with E-state index >= 15 is 0 Å². The van der Waals surface area contributed by atoms with Crippen molar-refractivity contribution in [2.75, 3.05) is 26.2 Å². The molecule has 2 heterocycles. The third-order valence-corrected chi connectivity index (χ3v) is 4.86. The van der Waals surface area contributed by atoms with E-state index in [1.807, 2.05) is 42.5 Å². The molecular formula is C21H20N4O3. The Kier molecular flexibility index (Phi) is 4.89. The van der Waals surface area contributed by atoms with Crippen LogP contribution in [-0.4, -0.2) is 57.9 Å². The van der Waals surface area contributed by atoms with Crippen molar-refractivity contribution in [3.05, 3.63) is 60.2 Å². The summed E-state index contributed by atoms with van der Waals surface area (Å²) >= 11 is 0. The lowest BCUT2D eigenvalue weighted by Gasteiger charge is -2.34. The summed E-state index contributed by atoms with van der Waals surface area (Å²) in [6.07, 6.45) is 0. The number of piperazine rings is 1. The van der Waals surface area contributed by atoms with Crippen molar-refractivity contribution in [2.24, 2.45) is 0 Å². The van der Waals surface area contributed by atoms with Crippen molar-refractivity contribution in [1.82, 2.24) is 19.9 Å². The predicted molar refractivity (Wildman–Crippen MR) is 103 cm³/mol. The smallest absolute Gasteiger partial charge is 0.259 e. The summed E-state index contributed by atoms with van der Waals surface area (Å²) in [5.41, 5.74) is 1.97. The molecule has 1 fully saturated rings. The van der Waals surface area contributed by atoms with Crippen molar-refractivity contribution in [2.45, 2.75) is 6.92 Å². The van der Waals surface area contributed by atoms with Crippen molar-refractivity contribution in [1.29, 1.82) is 0 Å². The zero-order valence-corrected chi connectivity index (χ0v) is 15.5. The van der Waals surface area contributed by atoms with Gasteiger partial charge in [0.1, 0.15) is 0 Å². The lowest BCUT2D eigenvalue weighted by atomic mass is 10.1. The number of hydrogen-bond donors (Lipinski definition) is 0. The zero-order valence-electron chi connectivity index (χ0n) is 15.5. The molecule has 1 aliphatic rings. The van der Waals surface area contributed by atoms with Gasteiger partial charge in [0.2, 0.25) is 11.7 Å². The summed E-state index contributed by atoms with van der Waals surface area (Å²) in [6.45, 7) is 3.65. The van der Waals surface area contributed by atoms with Crippen LogP contribution >= 0.6 is 0 Å². The van der Waals surface area contributed by atoms with Crippen LogP contribution in [0, 0.1) is 0 Å². The van der Waals surface area contributed by atoms with Crippen LogP contribution in [0.25, 0.3) is 22.8 Å². The van der Waals surface area contributed by atoms with E-state index in [9.17, 15) is 9.59 Å². The number of carbonyl (C=O) groups excluding carboxylic acids is 2. The number of amides is 2. The topological polar surface area (TPSA) is 79.5 Å². The van der Waals surface area contributed by atoms with Gasteiger partial charge in [0, 0.05) is 38.7 Å². The van der Waals surface area contributed by atoms with Crippen molar-refractivity contribution >= 4 is 11.8 Å². The van der Waals surface area contributed by atoms with Crippen LogP contribution in [0.1, 0.15) is 17.3 Å². The molecule has 4 rings (SSSR count). The second-order valence-corrected chi connectivity index (χ2v) is 6.63. The number of aromatic nitrogens is 2. The lowest BCUT2D eigenvalue weighted by molar-refractivity contribution is -0.130. The molecule has 28 heavy (non-hydrogen) atoms. The summed E-state index contributed by atoms with van der Waals surface area (Å²) in [5, 5.41) is 4.05. The third kappa shape index (κ3) is 3.51. The number of hydrogen-bond acceptors (Lipinski definition) is 5. The van der Waals surface area contributed by atoms with Gasteiger partial charge in [0.15, 0.2) is 0 Å². The average molecular weight is 376 g/mol. The minimum Gasteiger partial charge on any atom is -0.339 e. The van der Waals surface area contributed by atoms with E-state index in [4.69, 9.17) is 4.52 Å². The minimum atomic E-state index is -0.0988. The van der Waals surface area contributed by atoms with Crippen LogP contribution in [-0.2, 0) is 4.79 Å². The highest BCUT2D eigenvalue weighted by atomic mass is 16.5. The van der Waals surface area contributed by atoms with Crippen molar-refractivity contribution in [3.63, 3.8) is 0 Å². The molecule has 0 bridgehead atoms. The molecule has 2 amide bonds. The highest BCUT2D eigenvalue weighted by Crippen LogP contribution is 2.26. The fourth-order valence-corrected chi connectivity index (χ4v) is 3.29. The van der Waals surface area contributed by atoms with Gasteiger partial charge in [0.25, 0.3) is 11.8 Å². The van der Waals surface area contributed by atoms with Crippen LogP contribution in [0.4, 0.5) is 0 Å². The predicted octanol–water partition coefficient (Wildman–Crippen LogP) is 2.71. The average Bonchev–Trinajstić information content (AvgIpc) is 3.24. The molecule has 0 saturated carbocycles. The molecule has 2 aromatic carbocycles. The van der Waals surface area contributed by atoms with E-state index in [1.165, 1.54) is 0 Å². The van der Waals surface area contributed by atoms with E-state index in [0.29, 0.717) is 49.0 Å². The Hall–Kier alpha value is -3.48. The number of rotatable bonds is 3. The van der Waals surface area contributed by atoms with E-state index in [2.05, 4.69) is 10.1 Å². The standard InChI is InChI=1S/C21H20N4O3/c1-15(26)24-11-13-25(14-12-24)21(27)18-10-6-5-9-17(18)20-22-19(23-28-20)16-7-3-2-4-8-16/h2-10H,11-14H2,1H3. The highest BCUT2D eigenvalue weighted by molar-refractivity contribution is 6.00. The molecule has 0 aliphatic carbocycles. The SMILES string of the molecule is CC(=O)N1CCN(C(=O)c2ccccc2-c2nc(-c3ccccc3)no2)CC1. The molecule has 0 unspecified atom stereocenters. The van der Waals surface area contributed by atoms with Crippen LogP contribution in [0.5, 0.6) is 0 Å². The quantitative estimate of drug-likeness (QED) is 0.702. The molecule has 1 aromatic heterocycles. The largest absolute Gasteiger partial charge is 0.339 e. The Labute approximate surface area is 162 Å². The molecule has 0 atom stereocenters. The summed E-state index contributed by atoms with van der Waals surface area (Å²) in [6, 6.07) is 16.8. The zero-order chi connectivity index (χ0) is 19.5. The molecular weight excluding hydrogens is 356 g/mol. The number of nitrogens with zero attached hydrogens (tertiary/aromatic N) is 4. The van der Waals surface area contributed by atoms with Gasteiger partial charge in [0.05, 0.1) is 11.1 Å². The fraction of sp³-hybridized carbons (Fsp3) is 0.238.